The Morgan fingerprint density at radius 2 is 2.00 bits per heavy atom. The molecule has 2 aromatic carbocycles. The highest BCUT2D eigenvalue weighted by Crippen LogP contribution is 2.23. The molecule has 0 saturated carbocycles. The average Bonchev–Trinajstić information content (AvgIpc) is 2.72. The molecule has 2 aromatic rings. The first-order valence-electron chi connectivity index (χ1n) is 9.68. The summed E-state index contributed by atoms with van der Waals surface area (Å²) in [6, 6.07) is 14.2. The number of hydrogen-bond acceptors (Lipinski definition) is 4. The fourth-order valence-corrected chi connectivity index (χ4v) is 4.94. The predicted octanol–water partition coefficient (Wildman–Crippen LogP) is 3.66. The Balaban J connectivity index is 0.00000320. The van der Waals surface area contributed by atoms with E-state index in [0.717, 1.165) is 29.8 Å². The molecule has 3 rings (SSSR count). The second-order valence-corrected chi connectivity index (χ2v) is 9.25. The van der Waals surface area contributed by atoms with Crippen LogP contribution in [-0.4, -0.2) is 38.9 Å². The summed E-state index contributed by atoms with van der Waals surface area (Å²) in [6.07, 6.45) is 1.99. The number of hydrogen-bond donors (Lipinski definition) is 2. The Kier molecular flexibility index (Phi) is 8.92. The lowest BCUT2D eigenvalue weighted by atomic mass is 10.0. The smallest absolute Gasteiger partial charge is 0.243 e. The Morgan fingerprint density at radius 3 is 2.67 bits per heavy atom. The fourth-order valence-electron chi connectivity index (χ4n) is 3.35. The van der Waals surface area contributed by atoms with Gasteiger partial charge in [-0.3, -0.25) is 0 Å². The maximum absolute atomic E-state index is 12.8. The van der Waals surface area contributed by atoms with Crippen LogP contribution < -0.4 is 15.8 Å². The minimum atomic E-state index is -3.44. The Bertz CT molecular complexity index is 964. The number of nitrogens with one attached hydrogen (secondary N) is 1. The minimum absolute atomic E-state index is 0. The van der Waals surface area contributed by atoms with Gasteiger partial charge in [0.05, 0.1) is 18.6 Å². The van der Waals surface area contributed by atoms with Crippen LogP contribution in [0.5, 0.6) is 5.75 Å². The summed E-state index contributed by atoms with van der Waals surface area (Å²) in [4.78, 5) is 4.64. The molecule has 1 atom stereocenters. The molecule has 0 aliphatic carbocycles. The molecule has 0 amide bonds. The van der Waals surface area contributed by atoms with Gasteiger partial charge in [-0.15, -0.1) is 24.0 Å². The zero-order chi connectivity index (χ0) is 20.9. The predicted molar refractivity (Wildman–Crippen MR) is 131 cm³/mol. The van der Waals surface area contributed by atoms with E-state index in [1.807, 2.05) is 24.3 Å². The molecule has 1 aliphatic rings. The molecule has 164 valence electrons. The van der Waals surface area contributed by atoms with Crippen LogP contribution in [0.1, 0.15) is 25.3 Å². The van der Waals surface area contributed by atoms with Crippen molar-refractivity contribution in [2.45, 2.75) is 31.2 Å². The summed E-state index contributed by atoms with van der Waals surface area (Å²) in [5, 5.41) is 3.01. The van der Waals surface area contributed by atoms with Crippen molar-refractivity contribution in [2.75, 3.05) is 25.5 Å². The lowest BCUT2D eigenvalue weighted by Crippen LogP contribution is -2.39. The molecular weight excluding hydrogens is 515 g/mol. The first-order valence-corrected chi connectivity index (χ1v) is 11.1. The Labute approximate surface area is 195 Å². The molecule has 1 aliphatic heterocycles. The number of ether oxygens (including phenoxy) is 1. The van der Waals surface area contributed by atoms with E-state index < -0.39 is 10.0 Å². The largest absolute Gasteiger partial charge is 0.497 e. The van der Waals surface area contributed by atoms with Crippen molar-refractivity contribution in [2.24, 2.45) is 16.6 Å². The zero-order valence-corrected chi connectivity index (χ0v) is 20.4. The second-order valence-electron chi connectivity index (χ2n) is 7.31. The molecule has 0 aromatic heterocycles. The topological polar surface area (TPSA) is 97.0 Å². The molecule has 0 spiro atoms. The van der Waals surface area contributed by atoms with Gasteiger partial charge >= 0.3 is 0 Å². The van der Waals surface area contributed by atoms with Crippen molar-refractivity contribution in [1.82, 2.24) is 4.31 Å². The van der Waals surface area contributed by atoms with E-state index in [4.69, 9.17) is 10.5 Å². The SMILES string of the molecule is COc1cccc(NC(N)=NCc2ccc(S(=O)(=O)N3CCCC(C)C3)cc2)c1.I. The maximum Gasteiger partial charge on any atom is 0.243 e. The molecule has 1 unspecified atom stereocenters. The van der Waals surface area contributed by atoms with Crippen molar-refractivity contribution in [1.29, 1.82) is 0 Å². The molecule has 7 nitrogen and oxygen atoms in total. The van der Waals surface area contributed by atoms with Gasteiger partial charge in [0.25, 0.3) is 0 Å². The molecule has 0 radical (unpaired) electrons. The van der Waals surface area contributed by atoms with Gasteiger partial charge in [-0.05, 0) is 48.6 Å². The van der Waals surface area contributed by atoms with E-state index in [-0.39, 0.29) is 29.9 Å². The number of aliphatic imine (C=N–C) groups is 1. The number of guanidine groups is 1. The van der Waals surface area contributed by atoms with Crippen LogP contribution in [0.15, 0.2) is 58.4 Å². The third-order valence-electron chi connectivity index (χ3n) is 4.95. The number of nitrogens with two attached hydrogens (primary N) is 1. The molecule has 1 fully saturated rings. The van der Waals surface area contributed by atoms with Crippen LogP contribution >= 0.6 is 24.0 Å². The lowest BCUT2D eigenvalue weighted by molar-refractivity contribution is 0.281. The van der Waals surface area contributed by atoms with Gasteiger partial charge in [-0.25, -0.2) is 13.4 Å². The number of nitrogens with zero attached hydrogens (tertiary/aromatic N) is 2. The van der Waals surface area contributed by atoms with Gasteiger partial charge in [0.15, 0.2) is 5.96 Å². The zero-order valence-electron chi connectivity index (χ0n) is 17.2. The van der Waals surface area contributed by atoms with Crippen molar-refractivity contribution < 1.29 is 13.2 Å². The van der Waals surface area contributed by atoms with Crippen molar-refractivity contribution >= 4 is 45.6 Å². The van der Waals surface area contributed by atoms with Crippen molar-refractivity contribution in [3.8, 4) is 5.75 Å². The van der Waals surface area contributed by atoms with Crippen LogP contribution in [0.2, 0.25) is 0 Å². The van der Waals surface area contributed by atoms with Crippen molar-refractivity contribution in [3.05, 3.63) is 54.1 Å². The summed E-state index contributed by atoms with van der Waals surface area (Å²) in [5.74, 6) is 1.40. The normalized spacial score (nSPS) is 17.8. The monoisotopic (exact) mass is 544 g/mol. The number of halogens is 1. The number of methoxy groups -OCH3 is 1. The van der Waals surface area contributed by atoms with E-state index >= 15 is 0 Å². The molecule has 1 heterocycles. The summed E-state index contributed by atoms with van der Waals surface area (Å²) in [5.41, 5.74) is 7.61. The van der Waals surface area contributed by atoms with E-state index in [9.17, 15) is 8.42 Å². The third-order valence-corrected chi connectivity index (χ3v) is 6.83. The molecule has 3 N–H and O–H groups in total. The van der Waals surface area contributed by atoms with E-state index in [1.54, 1.807) is 35.7 Å². The van der Waals surface area contributed by atoms with E-state index in [1.165, 1.54) is 0 Å². The van der Waals surface area contributed by atoms with E-state index in [2.05, 4.69) is 17.2 Å². The molecule has 30 heavy (non-hydrogen) atoms. The number of sulfonamides is 1. The van der Waals surface area contributed by atoms with Gasteiger partial charge in [0.2, 0.25) is 10.0 Å². The first-order chi connectivity index (χ1) is 13.9. The van der Waals surface area contributed by atoms with Gasteiger partial charge in [-0.2, -0.15) is 4.31 Å². The summed E-state index contributed by atoms with van der Waals surface area (Å²) in [7, 11) is -1.84. The number of anilines is 1. The van der Waals surface area contributed by atoms with Gasteiger partial charge in [-0.1, -0.05) is 25.1 Å². The number of piperidine rings is 1. The van der Waals surface area contributed by atoms with Crippen LogP contribution in [0.25, 0.3) is 0 Å². The summed E-state index contributed by atoms with van der Waals surface area (Å²) in [6.45, 7) is 3.61. The standard InChI is InChI=1S/C21H28N4O3S.HI/c1-16-5-4-12-25(15-16)29(26,27)20-10-8-17(9-11-20)14-23-21(22)24-18-6-3-7-19(13-18)28-2;/h3,6-11,13,16H,4-5,12,14-15H2,1-2H3,(H3,22,23,24);1H. The number of benzene rings is 2. The Hall–Kier alpha value is -1.85. The van der Waals surface area contributed by atoms with Crippen molar-refractivity contribution in [3.63, 3.8) is 0 Å². The Morgan fingerprint density at radius 1 is 1.27 bits per heavy atom. The third kappa shape index (κ3) is 6.32. The summed E-state index contributed by atoms with van der Waals surface area (Å²) < 4.78 is 32.4. The van der Waals surface area contributed by atoms with Gasteiger partial charge in [0, 0.05) is 24.8 Å². The van der Waals surface area contributed by atoms with Crippen LogP contribution in [-0.2, 0) is 16.6 Å². The van der Waals surface area contributed by atoms with Crippen LogP contribution in [0, 0.1) is 5.92 Å². The highest BCUT2D eigenvalue weighted by molar-refractivity contribution is 14.0. The molecule has 1 saturated heterocycles. The lowest BCUT2D eigenvalue weighted by Gasteiger charge is -2.30. The quantitative estimate of drug-likeness (QED) is 0.329. The highest BCUT2D eigenvalue weighted by atomic mass is 127. The second kappa shape index (κ2) is 11.0. The summed E-state index contributed by atoms with van der Waals surface area (Å²) >= 11 is 0. The molecular formula is C21H29IN4O3S. The maximum atomic E-state index is 12.8. The van der Waals surface area contributed by atoms with E-state index in [0.29, 0.717) is 30.4 Å². The van der Waals surface area contributed by atoms with Crippen LogP contribution in [0.3, 0.4) is 0 Å². The van der Waals surface area contributed by atoms with Gasteiger partial charge < -0.3 is 15.8 Å². The minimum Gasteiger partial charge on any atom is -0.497 e. The average molecular weight is 544 g/mol. The first kappa shape index (κ1) is 24.4. The van der Waals surface area contributed by atoms with Crippen LogP contribution in [0.4, 0.5) is 5.69 Å². The molecule has 0 bridgehead atoms. The highest BCUT2D eigenvalue weighted by Gasteiger charge is 2.28. The fraction of sp³-hybridized carbons (Fsp3) is 0.381. The van der Waals surface area contributed by atoms with Gasteiger partial charge in [0.1, 0.15) is 5.75 Å². The molecule has 9 heteroatoms. The number of rotatable bonds is 6.